The Morgan fingerprint density at radius 2 is 1.89 bits per heavy atom. The topological polar surface area (TPSA) is 41.1 Å². The van der Waals surface area contributed by atoms with E-state index in [4.69, 9.17) is 0 Å². The molecule has 1 unspecified atom stereocenters. The third kappa shape index (κ3) is 0.775. The fourth-order valence-corrected chi connectivity index (χ4v) is 2.49. The van der Waals surface area contributed by atoms with Crippen LogP contribution in [0.3, 0.4) is 0 Å². The van der Waals surface area contributed by atoms with Crippen molar-refractivity contribution in [2.24, 2.45) is 0 Å². The number of thioether (sulfide) groups is 1. The van der Waals surface area contributed by atoms with Gasteiger partial charge in [-0.1, -0.05) is 0 Å². The third-order valence-electron chi connectivity index (χ3n) is 1.71. The summed E-state index contributed by atoms with van der Waals surface area (Å²) in [5.41, 5.74) is 0. The summed E-state index contributed by atoms with van der Waals surface area (Å²) in [5, 5.41) is 5.69. The fraction of sp³-hybridized carbons (Fsp3) is 0.800. The lowest BCUT2D eigenvalue weighted by Crippen LogP contribution is -2.31. The van der Waals surface area contributed by atoms with Gasteiger partial charge in [0, 0.05) is 11.5 Å². The standard InChI is InChI=1S/C5H8N2OS/c8-5-6-3-1-9-2-4(3)7-5/h3-4H,1-2H2,(H2,6,7,8)/t3-,4?/m0/s1. The van der Waals surface area contributed by atoms with E-state index in [1.807, 2.05) is 11.8 Å². The van der Waals surface area contributed by atoms with Crippen LogP contribution in [0.4, 0.5) is 4.79 Å². The smallest absolute Gasteiger partial charge is 0.315 e. The Morgan fingerprint density at radius 3 is 2.44 bits per heavy atom. The summed E-state index contributed by atoms with van der Waals surface area (Å²) in [5.74, 6) is 2.15. The zero-order valence-corrected chi connectivity index (χ0v) is 5.70. The van der Waals surface area contributed by atoms with E-state index in [2.05, 4.69) is 10.6 Å². The summed E-state index contributed by atoms with van der Waals surface area (Å²) in [6.45, 7) is 0. The second-order valence-electron chi connectivity index (χ2n) is 2.37. The summed E-state index contributed by atoms with van der Waals surface area (Å²) < 4.78 is 0. The average Bonchev–Trinajstić information content (AvgIpc) is 2.22. The molecule has 2 saturated heterocycles. The van der Waals surface area contributed by atoms with Crippen molar-refractivity contribution in [3.63, 3.8) is 0 Å². The van der Waals surface area contributed by atoms with E-state index in [-0.39, 0.29) is 6.03 Å². The SMILES string of the molecule is O=C1NC2CSC[C@@H]2N1. The van der Waals surface area contributed by atoms with E-state index < -0.39 is 0 Å². The van der Waals surface area contributed by atoms with Crippen LogP contribution in [-0.4, -0.2) is 29.6 Å². The molecular weight excluding hydrogens is 136 g/mol. The summed E-state index contributed by atoms with van der Waals surface area (Å²) in [6, 6.07) is 0.815. The number of urea groups is 1. The minimum atomic E-state index is 0.00491. The number of rotatable bonds is 0. The van der Waals surface area contributed by atoms with Crippen LogP contribution in [0, 0.1) is 0 Å². The van der Waals surface area contributed by atoms with Crippen molar-refractivity contribution in [3.05, 3.63) is 0 Å². The second kappa shape index (κ2) is 1.80. The maximum absolute atomic E-state index is 10.6. The van der Waals surface area contributed by atoms with Gasteiger partial charge in [0.25, 0.3) is 0 Å². The molecule has 2 heterocycles. The number of nitrogens with one attached hydrogen (secondary N) is 2. The zero-order valence-electron chi connectivity index (χ0n) is 4.89. The predicted molar refractivity (Wildman–Crippen MR) is 36.6 cm³/mol. The van der Waals surface area contributed by atoms with Gasteiger partial charge in [-0.3, -0.25) is 0 Å². The number of hydrogen-bond donors (Lipinski definition) is 2. The lowest BCUT2D eigenvalue weighted by molar-refractivity contribution is 0.247. The van der Waals surface area contributed by atoms with Crippen LogP contribution >= 0.6 is 11.8 Å². The molecule has 50 valence electrons. The van der Waals surface area contributed by atoms with E-state index in [1.165, 1.54) is 0 Å². The molecule has 0 aromatic carbocycles. The van der Waals surface area contributed by atoms with Crippen molar-refractivity contribution < 1.29 is 4.79 Å². The summed E-state index contributed by atoms with van der Waals surface area (Å²) in [6.07, 6.45) is 0. The van der Waals surface area contributed by atoms with E-state index in [0.717, 1.165) is 11.5 Å². The van der Waals surface area contributed by atoms with Gasteiger partial charge in [-0.15, -0.1) is 0 Å². The van der Waals surface area contributed by atoms with Crippen LogP contribution in [0.1, 0.15) is 0 Å². The molecule has 2 aliphatic heterocycles. The molecule has 4 heteroatoms. The monoisotopic (exact) mass is 144 g/mol. The van der Waals surface area contributed by atoms with Crippen molar-refractivity contribution in [1.82, 2.24) is 10.6 Å². The molecular formula is C5H8N2OS. The molecule has 0 saturated carbocycles. The molecule has 2 rings (SSSR count). The molecule has 0 aromatic heterocycles. The van der Waals surface area contributed by atoms with E-state index >= 15 is 0 Å². The van der Waals surface area contributed by atoms with Gasteiger partial charge in [0.15, 0.2) is 0 Å². The summed E-state index contributed by atoms with van der Waals surface area (Å²) in [7, 11) is 0. The van der Waals surface area contributed by atoms with E-state index in [1.54, 1.807) is 0 Å². The first-order chi connectivity index (χ1) is 4.36. The molecule has 0 aliphatic carbocycles. The highest BCUT2D eigenvalue weighted by Crippen LogP contribution is 2.20. The van der Waals surface area contributed by atoms with Crippen LogP contribution in [0.5, 0.6) is 0 Å². The molecule has 0 bridgehead atoms. The van der Waals surface area contributed by atoms with Crippen LogP contribution in [0.2, 0.25) is 0 Å². The second-order valence-corrected chi connectivity index (χ2v) is 3.44. The first kappa shape index (κ1) is 5.41. The quantitative estimate of drug-likeness (QED) is 0.462. The third-order valence-corrected chi connectivity index (χ3v) is 2.90. The number of hydrogen-bond acceptors (Lipinski definition) is 2. The maximum Gasteiger partial charge on any atom is 0.315 e. The van der Waals surface area contributed by atoms with Crippen LogP contribution in [-0.2, 0) is 0 Å². The van der Waals surface area contributed by atoms with E-state index in [9.17, 15) is 4.79 Å². The van der Waals surface area contributed by atoms with Gasteiger partial charge in [0.1, 0.15) is 0 Å². The van der Waals surface area contributed by atoms with Gasteiger partial charge < -0.3 is 10.6 Å². The number of carbonyl (C=O) groups excluding carboxylic acids is 1. The number of fused-ring (bicyclic) bond motifs is 1. The number of amides is 2. The predicted octanol–water partition coefficient (Wildman–Crippen LogP) is -0.217. The molecule has 2 fully saturated rings. The zero-order chi connectivity index (χ0) is 6.27. The first-order valence-electron chi connectivity index (χ1n) is 3.01. The normalized spacial score (nSPS) is 39.8. The summed E-state index contributed by atoms with van der Waals surface area (Å²) in [4.78, 5) is 10.6. The summed E-state index contributed by atoms with van der Waals surface area (Å²) >= 11 is 1.89. The molecule has 0 aromatic rings. The lowest BCUT2D eigenvalue weighted by Gasteiger charge is -2.02. The highest BCUT2D eigenvalue weighted by Gasteiger charge is 2.35. The Balaban J connectivity index is 2.09. The van der Waals surface area contributed by atoms with Gasteiger partial charge in [0.05, 0.1) is 12.1 Å². The molecule has 0 spiro atoms. The molecule has 2 amide bonds. The molecule has 3 nitrogen and oxygen atoms in total. The molecule has 2 atom stereocenters. The van der Waals surface area contributed by atoms with Crippen molar-refractivity contribution >= 4 is 17.8 Å². The van der Waals surface area contributed by atoms with Gasteiger partial charge >= 0.3 is 6.03 Å². The Bertz CT molecular complexity index is 136. The highest BCUT2D eigenvalue weighted by molar-refractivity contribution is 7.99. The van der Waals surface area contributed by atoms with Crippen LogP contribution in [0.25, 0.3) is 0 Å². The Kier molecular flexibility index (Phi) is 1.08. The largest absolute Gasteiger partial charge is 0.332 e. The number of carbonyl (C=O) groups is 1. The van der Waals surface area contributed by atoms with Gasteiger partial charge in [-0.25, -0.2) is 4.79 Å². The molecule has 2 N–H and O–H groups in total. The van der Waals surface area contributed by atoms with Crippen molar-refractivity contribution in [2.45, 2.75) is 12.1 Å². The van der Waals surface area contributed by atoms with Gasteiger partial charge in [-0.05, 0) is 0 Å². The van der Waals surface area contributed by atoms with Crippen molar-refractivity contribution in [2.75, 3.05) is 11.5 Å². The van der Waals surface area contributed by atoms with Gasteiger partial charge in [-0.2, -0.15) is 11.8 Å². The highest BCUT2D eigenvalue weighted by atomic mass is 32.2. The van der Waals surface area contributed by atoms with E-state index in [0.29, 0.717) is 12.1 Å². The minimum Gasteiger partial charge on any atom is -0.332 e. The van der Waals surface area contributed by atoms with Gasteiger partial charge in [0.2, 0.25) is 0 Å². The average molecular weight is 144 g/mol. The molecule has 2 aliphatic rings. The first-order valence-corrected chi connectivity index (χ1v) is 4.16. The Labute approximate surface area is 57.6 Å². The minimum absolute atomic E-state index is 0.00491. The van der Waals surface area contributed by atoms with Crippen LogP contribution in [0.15, 0.2) is 0 Å². The van der Waals surface area contributed by atoms with Crippen molar-refractivity contribution in [1.29, 1.82) is 0 Å². The van der Waals surface area contributed by atoms with Crippen molar-refractivity contribution in [3.8, 4) is 0 Å². The fourth-order valence-electron chi connectivity index (χ4n) is 1.22. The molecule has 9 heavy (non-hydrogen) atoms. The molecule has 0 radical (unpaired) electrons. The Morgan fingerprint density at radius 1 is 1.33 bits per heavy atom. The lowest BCUT2D eigenvalue weighted by atomic mass is 10.2. The Hall–Kier alpha value is -0.380. The van der Waals surface area contributed by atoms with Crippen LogP contribution < -0.4 is 10.6 Å². The maximum atomic E-state index is 10.6.